The Morgan fingerprint density at radius 2 is 1.74 bits per heavy atom. The molecule has 4 aromatic rings. The molecule has 5 rings (SSSR count). The highest BCUT2D eigenvalue weighted by Gasteiger charge is 2.35. The van der Waals surface area contributed by atoms with E-state index >= 15 is 0 Å². The van der Waals surface area contributed by atoms with Crippen LogP contribution in [-0.2, 0) is 11.4 Å². The molecule has 1 aromatic heterocycles. The minimum Gasteiger partial charge on any atom is -0.493 e. The first-order valence-corrected chi connectivity index (χ1v) is 12.8. The summed E-state index contributed by atoms with van der Waals surface area (Å²) in [5.74, 6) is 1.26. The molecular formula is C28H27BrN6O3. The van der Waals surface area contributed by atoms with Gasteiger partial charge in [-0.25, -0.2) is 0 Å². The molecule has 0 radical (unpaired) electrons. The van der Waals surface area contributed by atoms with Crippen molar-refractivity contribution in [2.45, 2.75) is 33.4 Å². The number of benzene rings is 3. The normalized spacial score (nSPS) is 14.5. The summed E-state index contributed by atoms with van der Waals surface area (Å²) >= 11 is 3.66. The number of nitrogens with one attached hydrogen (secondary N) is 2. The van der Waals surface area contributed by atoms with Crippen LogP contribution in [0.2, 0.25) is 0 Å². The van der Waals surface area contributed by atoms with E-state index in [1.807, 2.05) is 81.4 Å². The van der Waals surface area contributed by atoms with E-state index in [1.165, 1.54) is 5.56 Å². The Balaban J connectivity index is 1.50. The van der Waals surface area contributed by atoms with Crippen LogP contribution in [-0.4, -0.2) is 33.2 Å². The van der Waals surface area contributed by atoms with Crippen molar-refractivity contribution in [3.8, 4) is 11.5 Å². The van der Waals surface area contributed by atoms with Crippen molar-refractivity contribution in [2.24, 2.45) is 0 Å². The van der Waals surface area contributed by atoms with Crippen LogP contribution >= 0.6 is 15.9 Å². The topological polar surface area (TPSA) is 103 Å². The largest absolute Gasteiger partial charge is 0.493 e. The summed E-state index contributed by atoms with van der Waals surface area (Å²) in [6.07, 6.45) is 0. The quantitative estimate of drug-likeness (QED) is 0.297. The number of allylic oxidation sites excluding steroid dienone is 1. The fourth-order valence-corrected chi connectivity index (χ4v) is 4.90. The predicted octanol–water partition coefficient (Wildman–Crippen LogP) is 5.57. The molecule has 194 valence electrons. The van der Waals surface area contributed by atoms with Gasteiger partial charge >= 0.3 is 0 Å². The molecule has 0 saturated heterocycles. The molecule has 2 heterocycles. The van der Waals surface area contributed by atoms with Gasteiger partial charge in [0.2, 0.25) is 5.95 Å². The molecule has 38 heavy (non-hydrogen) atoms. The predicted molar refractivity (Wildman–Crippen MR) is 148 cm³/mol. The molecule has 1 amide bonds. The summed E-state index contributed by atoms with van der Waals surface area (Å²) < 4.78 is 14.1. The van der Waals surface area contributed by atoms with Gasteiger partial charge in [0.25, 0.3) is 5.91 Å². The molecule has 0 bridgehead atoms. The van der Waals surface area contributed by atoms with Crippen molar-refractivity contribution in [1.29, 1.82) is 0 Å². The summed E-state index contributed by atoms with van der Waals surface area (Å²) in [6.45, 7) is 6.26. The number of aromatic nitrogens is 4. The van der Waals surface area contributed by atoms with Crippen molar-refractivity contribution >= 4 is 33.5 Å². The highest BCUT2D eigenvalue weighted by atomic mass is 79.9. The fourth-order valence-electron chi connectivity index (χ4n) is 4.33. The first kappa shape index (κ1) is 25.5. The zero-order valence-electron chi connectivity index (χ0n) is 21.4. The Morgan fingerprint density at radius 1 is 1.05 bits per heavy atom. The van der Waals surface area contributed by atoms with Crippen LogP contribution < -0.4 is 20.1 Å². The molecule has 1 aliphatic heterocycles. The maximum absolute atomic E-state index is 13.6. The van der Waals surface area contributed by atoms with E-state index < -0.39 is 6.04 Å². The van der Waals surface area contributed by atoms with Gasteiger partial charge in [-0.1, -0.05) is 52.6 Å². The SMILES string of the molecule is COc1cc(C2C(C(=O)Nc3ccc(C)cc3)=C(C)Nc3nnnn32)cc(Br)c1OCc1ccc(C)cc1. The highest BCUT2D eigenvalue weighted by Crippen LogP contribution is 2.43. The number of ether oxygens (including phenoxy) is 2. The van der Waals surface area contributed by atoms with Crippen LogP contribution in [0, 0.1) is 13.8 Å². The average molecular weight is 575 g/mol. The summed E-state index contributed by atoms with van der Waals surface area (Å²) in [6, 6.07) is 18.9. The maximum Gasteiger partial charge on any atom is 0.255 e. The van der Waals surface area contributed by atoms with Crippen LogP contribution in [0.25, 0.3) is 0 Å². The van der Waals surface area contributed by atoms with E-state index in [1.54, 1.807) is 11.8 Å². The summed E-state index contributed by atoms with van der Waals surface area (Å²) in [7, 11) is 1.58. The van der Waals surface area contributed by atoms with Gasteiger partial charge in [0, 0.05) is 11.4 Å². The highest BCUT2D eigenvalue weighted by molar-refractivity contribution is 9.10. The third-order valence-corrected chi connectivity index (χ3v) is 6.93. The van der Waals surface area contributed by atoms with Gasteiger partial charge in [0.15, 0.2) is 11.5 Å². The minimum absolute atomic E-state index is 0.264. The van der Waals surface area contributed by atoms with Crippen LogP contribution in [0.1, 0.15) is 35.2 Å². The minimum atomic E-state index is -0.608. The number of halogens is 1. The Kier molecular flexibility index (Phi) is 7.15. The number of amides is 1. The lowest BCUT2D eigenvalue weighted by Crippen LogP contribution is -2.31. The fraction of sp³-hybridized carbons (Fsp3) is 0.214. The van der Waals surface area contributed by atoms with Gasteiger partial charge in [-0.3, -0.25) is 4.79 Å². The molecule has 0 aliphatic carbocycles. The molecule has 0 spiro atoms. The smallest absolute Gasteiger partial charge is 0.255 e. The lowest BCUT2D eigenvalue weighted by atomic mass is 9.94. The monoisotopic (exact) mass is 574 g/mol. The van der Waals surface area contributed by atoms with Crippen LogP contribution in [0.5, 0.6) is 11.5 Å². The molecule has 1 aliphatic rings. The number of hydrogen-bond acceptors (Lipinski definition) is 7. The molecule has 9 nitrogen and oxygen atoms in total. The standard InChI is InChI=1S/C28H27BrN6O3/c1-16-5-9-19(10-6-16)15-38-26-22(29)13-20(14-23(26)37-4)25-24(18(3)30-28-32-33-34-35(25)28)27(36)31-21-11-7-17(2)8-12-21/h5-14,25H,15H2,1-4H3,(H,31,36)(H,30,32,34). The third kappa shape index (κ3) is 5.12. The van der Waals surface area contributed by atoms with E-state index in [4.69, 9.17) is 9.47 Å². The van der Waals surface area contributed by atoms with Crippen molar-refractivity contribution in [3.05, 3.63) is 98.7 Å². The molecule has 0 saturated carbocycles. The zero-order chi connectivity index (χ0) is 26.8. The molecule has 1 atom stereocenters. The van der Waals surface area contributed by atoms with Crippen LogP contribution in [0.4, 0.5) is 11.6 Å². The van der Waals surface area contributed by atoms with E-state index in [-0.39, 0.29) is 5.91 Å². The number of methoxy groups -OCH3 is 1. The zero-order valence-corrected chi connectivity index (χ0v) is 23.0. The lowest BCUT2D eigenvalue weighted by molar-refractivity contribution is -0.113. The van der Waals surface area contributed by atoms with Crippen molar-refractivity contribution in [2.75, 3.05) is 17.7 Å². The Hall–Kier alpha value is -4.18. The third-order valence-electron chi connectivity index (χ3n) is 6.34. The van der Waals surface area contributed by atoms with E-state index in [9.17, 15) is 4.79 Å². The number of carbonyl (C=O) groups excluding carboxylic acids is 1. The van der Waals surface area contributed by atoms with Crippen molar-refractivity contribution < 1.29 is 14.3 Å². The van der Waals surface area contributed by atoms with Crippen LogP contribution in [0.15, 0.2) is 76.4 Å². The second-order valence-electron chi connectivity index (χ2n) is 9.14. The lowest BCUT2D eigenvalue weighted by Gasteiger charge is -2.28. The Labute approximate surface area is 229 Å². The van der Waals surface area contributed by atoms with Gasteiger partial charge in [-0.2, -0.15) is 4.68 Å². The molecule has 1 unspecified atom stereocenters. The summed E-state index contributed by atoms with van der Waals surface area (Å²) in [5.41, 5.74) is 5.91. The molecule has 10 heteroatoms. The second-order valence-corrected chi connectivity index (χ2v) is 10.00. The second kappa shape index (κ2) is 10.7. The Bertz CT molecular complexity index is 1510. The average Bonchev–Trinajstić information content (AvgIpc) is 3.37. The number of anilines is 2. The van der Waals surface area contributed by atoms with E-state index in [0.717, 1.165) is 16.7 Å². The van der Waals surface area contributed by atoms with Crippen molar-refractivity contribution in [1.82, 2.24) is 20.2 Å². The number of hydrogen-bond donors (Lipinski definition) is 2. The van der Waals surface area contributed by atoms with Crippen molar-refractivity contribution in [3.63, 3.8) is 0 Å². The van der Waals surface area contributed by atoms with E-state index in [0.29, 0.717) is 45.5 Å². The van der Waals surface area contributed by atoms with Gasteiger partial charge in [-0.15, -0.1) is 0 Å². The summed E-state index contributed by atoms with van der Waals surface area (Å²) in [4.78, 5) is 13.6. The Morgan fingerprint density at radius 3 is 2.42 bits per heavy atom. The van der Waals surface area contributed by atoms with Gasteiger partial charge in [0.05, 0.1) is 17.2 Å². The summed E-state index contributed by atoms with van der Waals surface area (Å²) in [5, 5.41) is 18.2. The molecule has 2 N–H and O–H groups in total. The first-order valence-electron chi connectivity index (χ1n) is 12.0. The number of fused-ring (bicyclic) bond motifs is 1. The van der Waals surface area contributed by atoms with E-state index in [2.05, 4.69) is 42.1 Å². The molecular weight excluding hydrogens is 548 g/mol. The van der Waals surface area contributed by atoms with Gasteiger partial charge in [-0.05, 0) is 82.5 Å². The maximum atomic E-state index is 13.6. The molecule has 3 aromatic carbocycles. The number of rotatable bonds is 7. The number of aryl methyl sites for hydroxylation is 2. The van der Waals surface area contributed by atoms with Crippen LogP contribution in [0.3, 0.4) is 0 Å². The first-order chi connectivity index (χ1) is 18.3. The number of tetrazole rings is 1. The van der Waals surface area contributed by atoms with Gasteiger partial charge in [0.1, 0.15) is 12.6 Å². The number of carbonyl (C=O) groups is 1. The molecule has 0 fully saturated rings. The van der Waals surface area contributed by atoms with Gasteiger partial charge < -0.3 is 20.1 Å². The number of nitrogens with zero attached hydrogens (tertiary/aromatic N) is 4.